The molecular weight excluding hydrogens is 232 g/mol. The highest BCUT2D eigenvalue weighted by atomic mass is 14.9. The molecule has 0 atom stereocenters. The molecule has 0 radical (unpaired) electrons. The zero-order valence-electron chi connectivity index (χ0n) is 14.0. The van der Waals surface area contributed by atoms with E-state index in [1.165, 1.54) is 0 Å². The van der Waals surface area contributed by atoms with Crippen LogP contribution in [0, 0.1) is 16.2 Å². The SMILES string of the molecule is CC(C)(C)C1=NC(C(C)(C)C)=C(C(C)(C)C)N=C=C1. The number of aliphatic imine (C=N–C) groups is 2. The normalized spacial score (nSPS) is 17.6. The third-order valence-electron chi connectivity index (χ3n) is 3.02. The molecule has 0 saturated carbocycles. The second kappa shape index (κ2) is 4.76. The Morgan fingerprint density at radius 1 is 0.737 bits per heavy atom. The summed E-state index contributed by atoms with van der Waals surface area (Å²) in [6.07, 6.45) is 1.92. The molecule has 2 nitrogen and oxygen atoms in total. The van der Waals surface area contributed by atoms with Gasteiger partial charge < -0.3 is 0 Å². The van der Waals surface area contributed by atoms with Crippen LogP contribution in [0.5, 0.6) is 0 Å². The molecule has 0 saturated heterocycles. The van der Waals surface area contributed by atoms with Gasteiger partial charge in [0, 0.05) is 22.3 Å². The summed E-state index contributed by atoms with van der Waals surface area (Å²) in [5, 5.41) is 0. The molecule has 0 aromatic heterocycles. The van der Waals surface area contributed by atoms with Gasteiger partial charge in [-0.2, -0.15) is 0 Å². The van der Waals surface area contributed by atoms with Crippen molar-refractivity contribution >= 4 is 11.6 Å². The summed E-state index contributed by atoms with van der Waals surface area (Å²) in [6, 6.07) is 0. The van der Waals surface area contributed by atoms with Crippen LogP contribution in [0.25, 0.3) is 0 Å². The Morgan fingerprint density at radius 3 is 1.58 bits per heavy atom. The number of hydrogen-bond donors (Lipinski definition) is 0. The van der Waals surface area contributed by atoms with Crippen LogP contribution in [0.2, 0.25) is 0 Å². The Bertz CT molecular complexity index is 477. The van der Waals surface area contributed by atoms with E-state index in [4.69, 9.17) is 4.99 Å². The maximum Gasteiger partial charge on any atom is 0.0776 e. The van der Waals surface area contributed by atoms with E-state index in [-0.39, 0.29) is 16.2 Å². The number of allylic oxidation sites excluding steroid dienone is 3. The first-order valence-electron chi connectivity index (χ1n) is 6.97. The molecule has 19 heavy (non-hydrogen) atoms. The second-order valence-corrected chi connectivity index (χ2v) is 8.33. The van der Waals surface area contributed by atoms with Crippen LogP contribution in [0.1, 0.15) is 62.3 Å². The zero-order chi connectivity index (χ0) is 15.1. The predicted molar refractivity (Wildman–Crippen MR) is 84.8 cm³/mol. The Morgan fingerprint density at radius 2 is 1.21 bits per heavy atom. The highest BCUT2D eigenvalue weighted by Crippen LogP contribution is 2.39. The molecule has 0 bridgehead atoms. The van der Waals surface area contributed by atoms with Crippen molar-refractivity contribution in [3.8, 4) is 0 Å². The zero-order valence-corrected chi connectivity index (χ0v) is 14.0. The highest BCUT2D eigenvalue weighted by molar-refractivity contribution is 6.05. The van der Waals surface area contributed by atoms with Gasteiger partial charge in [0.1, 0.15) is 0 Å². The smallest absolute Gasteiger partial charge is 0.0776 e. The molecule has 1 heterocycles. The second-order valence-electron chi connectivity index (χ2n) is 8.33. The van der Waals surface area contributed by atoms with Gasteiger partial charge in [0.25, 0.3) is 0 Å². The maximum atomic E-state index is 4.95. The lowest BCUT2D eigenvalue weighted by molar-refractivity contribution is 0.436. The summed E-state index contributed by atoms with van der Waals surface area (Å²) in [5.74, 6) is 3.07. The van der Waals surface area contributed by atoms with E-state index >= 15 is 0 Å². The lowest BCUT2D eigenvalue weighted by atomic mass is 9.82. The first kappa shape index (κ1) is 15.9. The number of nitrogens with zero attached hydrogens (tertiary/aromatic N) is 2. The van der Waals surface area contributed by atoms with Crippen LogP contribution in [-0.4, -0.2) is 11.6 Å². The van der Waals surface area contributed by atoms with Crippen LogP contribution < -0.4 is 0 Å². The fourth-order valence-electron chi connectivity index (χ4n) is 1.85. The fourth-order valence-corrected chi connectivity index (χ4v) is 1.85. The van der Waals surface area contributed by atoms with Gasteiger partial charge in [-0.15, -0.1) is 0 Å². The van der Waals surface area contributed by atoms with Crippen molar-refractivity contribution in [1.29, 1.82) is 0 Å². The third-order valence-corrected chi connectivity index (χ3v) is 3.02. The molecule has 0 spiro atoms. The van der Waals surface area contributed by atoms with Gasteiger partial charge in [0.2, 0.25) is 0 Å². The van der Waals surface area contributed by atoms with Crippen molar-refractivity contribution in [2.75, 3.05) is 0 Å². The first-order valence-corrected chi connectivity index (χ1v) is 6.97. The molecule has 1 aliphatic heterocycles. The summed E-state index contributed by atoms with van der Waals surface area (Å²) >= 11 is 0. The minimum atomic E-state index is -0.0275. The molecule has 1 rings (SSSR count). The van der Waals surface area contributed by atoms with Crippen molar-refractivity contribution in [3.63, 3.8) is 0 Å². The summed E-state index contributed by atoms with van der Waals surface area (Å²) in [5.41, 5.74) is 3.11. The maximum absolute atomic E-state index is 4.95. The number of hydrogen-bond acceptors (Lipinski definition) is 2. The lowest BCUT2D eigenvalue weighted by Gasteiger charge is -2.29. The van der Waals surface area contributed by atoms with Crippen LogP contribution >= 0.6 is 0 Å². The first-order chi connectivity index (χ1) is 8.33. The summed E-state index contributed by atoms with van der Waals surface area (Å²) in [7, 11) is 0. The highest BCUT2D eigenvalue weighted by Gasteiger charge is 2.30. The van der Waals surface area contributed by atoms with E-state index in [0.29, 0.717) is 0 Å². The quantitative estimate of drug-likeness (QED) is 0.584. The van der Waals surface area contributed by atoms with Crippen LogP contribution in [0.3, 0.4) is 0 Å². The molecule has 0 aliphatic carbocycles. The van der Waals surface area contributed by atoms with Crippen LogP contribution in [0.4, 0.5) is 0 Å². The van der Waals surface area contributed by atoms with Crippen LogP contribution in [-0.2, 0) is 0 Å². The van der Waals surface area contributed by atoms with E-state index in [1.807, 2.05) is 6.08 Å². The molecule has 0 aromatic rings. The third kappa shape index (κ3) is 3.91. The van der Waals surface area contributed by atoms with E-state index in [0.717, 1.165) is 17.1 Å². The van der Waals surface area contributed by atoms with Gasteiger partial charge in [0.05, 0.1) is 17.1 Å². The molecule has 0 N–H and O–H groups in total. The van der Waals surface area contributed by atoms with Crippen LogP contribution in [0.15, 0.2) is 27.5 Å². The Labute approximate surface area is 118 Å². The van der Waals surface area contributed by atoms with Gasteiger partial charge in [-0.1, -0.05) is 62.3 Å². The van der Waals surface area contributed by atoms with Gasteiger partial charge in [0.15, 0.2) is 0 Å². The van der Waals surface area contributed by atoms with Crippen molar-refractivity contribution < 1.29 is 0 Å². The van der Waals surface area contributed by atoms with Gasteiger partial charge in [-0.3, -0.25) is 4.99 Å². The molecular formula is C17H28N2. The van der Waals surface area contributed by atoms with Crippen molar-refractivity contribution in [2.45, 2.75) is 62.3 Å². The van der Waals surface area contributed by atoms with Gasteiger partial charge >= 0.3 is 0 Å². The molecule has 0 unspecified atom stereocenters. The summed E-state index contributed by atoms with van der Waals surface area (Å²) in [6.45, 7) is 19.6. The average molecular weight is 260 g/mol. The van der Waals surface area contributed by atoms with E-state index in [2.05, 4.69) is 73.2 Å². The fraction of sp³-hybridized carbons (Fsp3) is 0.706. The molecule has 2 heteroatoms. The monoisotopic (exact) mass is 260 g/mol. The molecule has 0 fully saturated rings. The van der Waals surface area contributed by atoms with Crippen molar-refractivity contribution in [1.82, 2.24) is 0 Å². The molecule has 0 amide bonds. The lowest BCUT2D eigenvalue weighted by Crippen LogP contribution is -2.22. The largest absolute Gasteiger partial charge is 0.254 e. The van der Waals surface area contributed by atoms with Crippen molar-refractivity contribution in [2.24, 2.45) is 26.2 Å². The average Bonchev–Trinajstić information content (AvgIpc) is 2.35. The van der Waals surface area contributed by atoms with E-state index in [1.54, 1.807) is 0 Å². The number of rotatable bonds is 0. The van der Waals surface area contributed by atoms with Crippen molar-refractivity contribution in [3.05, 3.63) is 17.5 Å². The minimum absolute atomic E-state index is 0.00630. The molecule has 106 valence electrons. The van der Waals surface area contributed by atoms with E-state index < -0.39 is 0 Å². The summed E-state index contributed by atoms with van der Waals surface area (Å²) < 4.78 is 0. The Balaban J connectivity index is 3.59. The van der Waals surface area contributed by atoms with Gasteiger partial charge in [-0.25, -0.2) is 4.99 Å². The predicted octanol–water partition coefficient (Wildman–Crippen LogP) is 5.02. The molecule has 0 aromatic carbocycles. The molecule has 1 aliphatic rings. The van der Waals surface area contributed by atoms with E-state index in [9.17, 15) is 0 Å². The Hall–Kier alpha value is -1.14. The Kier molecular flexibility index (Phi) is 3.98. The topological polar surface area (TPSA) is 24.7 Å². The standard InChI is InChI=1S/C17H28N2/c1-15(2,3)12-10-11-18-13(16(4,5)6)14(19-12)17(7,8)9/h10H,1-9H3. The summed E-state index contributed by atoms with van der Waals surface area (Å²) in [4.78, 5) is 9.52. The minimum Gasteiger partial charge on any atom is -0.254 e. The van der Waals surface area contributed by atoms with Gasteiger partial charge in [-0.05, 0) is 5.87 Å².